The molecule has 1 aromatic rings. The molecule has 2 aliphatic rings. The molecule has 2 atom stereocenters. The largest absolute Gasteiger partial charge is 0.355 e. The Morgan fingerprint density at radius 2 is 2.00 bits per heavy atom. The normalized spacial score (nSPS) is 23.3. The Morgan fingerprint density at radius 1 is 1.21 bits per heavy atom. The molecule has 0 spiro atoms. The van der Waals surface area contributed by atoms with Crippen LogP contribution in [-0.2, 0) is 11.2 Å². The summed E-state index contributed by atoms with van der Waals surface area (Å²) in [7, 11) is 0. The van der Waals surface area contributed by atoms with Gasteiger partial charge in [0, 0.05) is 26.2 Å². The van der Waals surface area contributed by atoms with Crippen molar-refractivity contribution in [3.05, 3.63) is 35.9 Å². The number of carbonyl (C=O) groups is 1. The number of amides is 1. The molecule has 1 aromatic carbocycles. The topological polar surface area (TPSA) is 44.4 Å². The predicted octanol–water partition coefficient (Wildman–Crippen LogP) is 2.12. The number of rotatable bonds is 6. The Hall–Kier alpha value is -0.810. The van der Waals surface area contributed by atoms with E-state index < -0.39 is 0 Å². The lowest BCUT2D eigenvalue weighted by molar-refractivity contribution is -0.124. The third-order valence-corrected chi connectivity index (χ3v) is 4.93. The highest BCUT2D eigenvalue weighted by Gasteiger charge is 2.25. The molecule has 0 saturated carbocycles. The van der Waals surface area contributed by atoms with Gasteiger partial charge < -0.3 is 15.5 Å². The number of hydrogen-bond donors (Lipinski definition) is 2. The third kappa shape index (κ3) is 6.25. The molecule has 0 aromatic heterocycles. The number of hydrogen-bond acceptors (Lipinski definition) is 3. The maximum absolute atomic E-state index is 12.0. The second-order valence-electron chi connectivity index (χ2n) is 6.63. The fraction of sp³-hybridized carbons (Fsp3) is 0.611. The summed E-state index contributed by atoms with van der Waals surface area (Å²) in [6.07, 6.45) is 3.31. The van der Waals surface area contributed by atoms with E-state index in [9.17, 15) is 4.79 Å². The van der Waals surface area contributed by atoms with Gasteiger partial charge in [-0.3, -0.25) is 4.79 Å². The van der Waals surface area contributed by atoms with E-state index in [1.807, 2.05) is 0 Å². The molecule has 6 heteroatoms. The minimum Gasteiger partial charge on any atom is -0.355 e. The van der Waals surface area contributed by atoms with Gasteiger partial charge in [-0.2, -0.15) is 0 Å². The van der Waals surface area contributed by atoms with Crippen LogP contribution in [0.3, 0.4) is 0 Å². The van der Waals surface area contributed by atoms with Crippen molar-refractivity contribution in [2.75, 3.05) is 39.3 Å². The molecule has 2 saturated heterocycles. The first-order chi connectivity index (χ1) is 10.8. The lowest BCUT2D eigenvalue weighted by atomic mass is 10.1. The second kappa shape index (κ2) is 10.9. The first-order valence-corrected chi connectivity index (χ1v) is 8.56. The zero-order valence-corrected chi connectivity index (χ0v) is 15.7. The number of nitrogens with one attached hydrogen (secondary N) is 2. The molecule has 1 amide bonds. The van der Waals surface area contributed by atoms with E-state index in [0.717, 1.165) is 45.6 Å². The zero-order valence-electron chi connectivity index (χ0n) is 14.1. The summed E-state index contributed by atoms with van der Waals surface area (Å²) in [5.41, 5.74) is 1.41. The molecule has 4 nitrogen and oxygen atoms in total. The van der Waals surface area contributed by atoms with E-state index in [0.29, 0.717) is 5.92 Å². The Balaban J connectivity index is 0.00000144. The van der Waals surface area contributed by atoms with Gasteiger partial charge in [-0.05, 0) is 43.8 Å². The molecule has 2 N–H and O–H groups in total. The standard InChI is InChI=1S/C18H27N3O.2ClH/c22-18(17-6-9-19-13-17)20-12-16-8-11-21(14-16)10-7-15-4-2-1-3-5-15;;/h1-5,16-17,19H,6-14H2,(H,20,22);2*1H. The quantitative estimate of drug-likeness (QED) is 0.802. The molecular weight excluding hydrogens is 345 g/mol. The summed E-state index contributed by atoms with van der Waals surface area (Å²) in [5, 5.41) is 6.41. The van der Waals surface area contributed by atoms with Crippen molar-refractivity contribution in [1.29, 1.82) is 0 Å². The fourth-order valence-electron chi connectivity index (χ4n) is 3.48. The van der Waals surface area contributed by atoms with E-state index >= 15 is 0 Å². The van der Waals surface area contributed by atoms with Crippen LogP contribution >= 0.6 is 24.8 Å². The molecule has 2 unspecified atom stereocenters. The smallest absolute Gasteiger partial charge is 0.224 e. The predicted molar refractivity (Wildman–Crippen MR) is 103 cm³/mol. The van der Waals surface area contributed by atoms with Crippen molar-refractivity contribution >= 4 is 30.7 Å². The van der Waals surface area contributed by atoms with Gasteiger partial charge in [0.25, 0.3) is 0 Å². The Morgan fingerprint density at radius 3 is 2.71 bits per heavy atom. The van der Waals surface area contributed by atoms with Crippen molar-refractivity contribution in [2.45, 2.75) is 19.3 Å². The monoisotopic (exact) mass is 373 g/mol. The van der Waals surface area contributed by atoms with Crippen molar-refractivity contribution in [2.24, 2.45) is 11.8 Å². The average molecular weight is 374 g/mol. The second-order valence-corrected chi connectivity index (χ2v) is 6.63. The molecule has 2 aliphatic heterocycles. The van der Waals surface area contributed by atoms with Gasteiger partial charge >= 0.3 is 0 Å². The number of halogens is 2. The van der Waals surface area contributed by atoms with Crippen LogP contribution < -0.4 is 10.6 Å². The van der Waals surface area contributed by atoms with Gasteiger partial charge in [0.15, 0.2) is 0 Å². The van der Waals surface area contributed by atoms with Gasteiger partial charge in [-0.15, -0.1) is 24.8 Å². The maximum atomic E-state index is 12.0. The van der Waals surface area contributed by atoms with Crippen molar-refractivity contribution in [3.63, 3.8) is 0 Å². The number of likely N-dealkylation sites (tertiary alicyclic amines) is 1. The molecule has 136 valence electrons. The van der Waals surface area contributed by atoms with Crippen LogP contribution in [0.25, 0.3) is 0 Å². The van der Waals surface area contributed by atoms with Crippen LogP contribution in [0, 0.1) is 11.8 Å². The number of benzene rings is 1. The fourth-order valence-corrected chi connectivity index (χ4v) is 3.48. The van der Waals surface area contributed by atoms with Crippen LogP contribution in [0.15, 0.2) is 30.3 Å². The Kier molecular flexibility index (Phi) is 9.67. The Bertz CT molecular complexity index is 480. The SMILES string of the molecule is Cl.Cl.O=C(NCC1CCN(CCc2ccccc2)C1)C1CCNC1. The van der Waals surface area contributed by atoms with Crippen molar-refractivity contribution in [3.8, 4) is 0 Å². The average Bonchev–Trinajstić information content (AvgIpc) is 3.23. The third-order valence-electron chi connectivity index (χ3n) is 4.93. The summed E-state index contributed by atoms with van der Waals surface area (Å²) >= 11 is 0. The Labute approximate surface area is 157 Å². The molecule has 24 heavy (non-hydrogen) atoms. The molecule has 0 aliphatic carbocycles. The minimum atomic E-state index is 0. The summed E-state index contributed by atoms with van der Waals surface area (Å²) in [6.45, 7) is 6.08. The number of carbonyl (C=O) groups excluding carboxylic acids is 1. The van der Waals surface area contributed by atoms with E-state index in [2.05, 4.69) is 45.9 Å². The molecule has 2 heterocycles. The van der Waals surface area contributed by atoms with Crippen LogP contribution in [-0.4, -0.2) is 50.1 Å². The van der Waals surface area contributed by atoms with Gasteiger partial charge in [-0.25, -0.2) is 0 Å². The summed E-state index contributed by atoms with van der Waals surface area (Å²) < 4.78 is 0. The zero-order chi connectivity index (χ0) is 15.2. The highest BCUT2D eigenvalue weighted by Crippen LogP contribution is 2.16. The van der Waals surface area contributed by atoms with Gasteiger partial charge in [0.05, 0.1) is 5.92 Å². The maximum Gasteiger partial charge on any atom is 0.224 e. The van der Waals surface area contributed by atoms with Crippen LogP contribution in [0.4, 0.5) is 0 Å². The van der Waals surface area contributed by atoms with Crippen molar-refractivity contribution in [1.82, 2.24) is 15.5 Å². The van der Waals surface area contributed by atoms with Crippen molar-refractivity contribution < 1.29 is 4.79 Å². The van der Waals surface area contributed by atoms with Gasteiger partial charge in [-0.1, -0.05) is 30.3 Å². The first-order valence-electron chi connectivity index (χ1n) is 8.56. The lowest BCUT2D eigenvalue weighted by Gasteiger charge is -2.17. The minimum absolute atomic E-state index is 0. The first kappa shape index (κ1) is 21.2. The van der Waals surface area contributed by atoms with E-state index in [1.165, 1.54) is 18.5 Å². The van der Waals surface area contributed by atoms with E-state index in [4.69, 9.17) is 0 Å². The molecular formula is C18H29Cl2N3O. The van der Waals surface area contributed by atoms with E-state index in [-0.39, 0.29) is 36.6 Å². The highest BCUT2D eigenvalue weighted by molar-refractivity contribution is 5.85. The van der Waals surface area contributed by atoms with Gasteiger partial charge in [0.2, 0.25) is 5.91 Å². The molecule has 3 rings (SSSR count). The van der Waals surface area contributed by atoms with Crippen LogP contribution in [0.2, 0.25) is 0 Å². The summed E-state index contributed by atoms with van der Waals surface area (Å²) in [6, 6.07) is 10.7. The summed E-state index contributed by atoms with van der Waals surface area (Å²) in [5.74, 6) is 1.05. The molecule has 0 bridgehead atoms. The van der Waals surface area contributed by atoms with E-state index in [1.54, 1.807) is 0 Å². The molecule has 0 radical (unpaired) electrons. The summed E-state index contributed by atoms with van der Waals surface area (Å²) in [4.78, 5) is 14.6. The molecule has 2 fully saturated rings. The van der Waals surface area contributed by atoms with Gasteiger partial charge in [0.1, 0.15) is 0 Å². The van der Waals surface area contributed by atoms with Crippen LogP contribution in [0.5, 0.6) is 0 Å². The highest BCUT2D eigenvalue weighted by atomic mass is 35.5. The number of nitrogens with zero attached hydrogens (tertiary/aromatic N) is 1. The van der Waals surface area contributed by atoms with Crippen LogP contribution in [0.1, 0.15) is 18.4 Å². The lowest BCUT2D eigenvalue weighted by Crippen LogP contribution is -2.36.